The molecule has 1 heterocycles. The van der Waals surface area contributed by atoms with Gasteiger partial charge in [-0.25, -0.2) is 13.4 Å². The number of nitrogens with zero attached hydrogens (tertiary/aromatic N) is 1. The minimum Gasteiger partial charge on any atom is -0.405 e. The Morgan fingerprint density at radius 2 is 1.76 bits per heavy atom. The molecule has 0 saturated heterocycles. The van der Waals surface area contributed by atoms with Crippen LogP contribution in [0.15, 0.2) is 11.1 Å². The largest absolute Gasteiger partial charge is 0.573 e. The predicted molar refractivity (Wildman–Crippen MR) is 56.9 cm³/mol. The van der Waals surface area contributed by atoms with E-state index in [1.165, 1.54) is 0 Å². The smallest absolute Gasteiger partial charge is 0.405 e. The van der Waals surface area contributed by atoms with E-state index in [4.69, 9.17) is 16.4 Å². The highest BCUT2D eigenvalue weighted by atomic mass is 35.7. The van der Waals surface area contributed by atoms with Crippen molar-refractivity contribution in [2.24, 2.45) is 5.73 Å². The molecule has 0 aromatic carbocycles. The molecule has 0 spiro atoms. The number of halogens is 7. The zero-order chi connectivity index (χ0) is 16.6. The second-order valence-electron chi connectivity index (χ2n) is 3.47. The Bertz CT molecular complexity index is 643. The summed E-state index contributed by atoms with van der Waals surface area (Å²) in [6.45, 7) is -1.02. The maximum atomic E-state index is 12.7. The van der Waals surface area contributed by atoms with Crippen molar-refractivity contribution in [3.8, 4) is 5.75 Å². The number of nitrogens with two attached hydrogens (primary N) is 1. The van der Waals surface area contributed by atoms with Crippen LogP contribution in [0, 0.1) is 0 Å². The average Bonchev–Trinajstić information content (AvgIpc) is 2.23. The van der Waals surface area contributed by atoms with Crippen molar-refractivity contribution in [1.29, 1.82) is 0 Å². The summed E-state index contributed by atoms with van der Waals surface area (Å²) in [7, 11) is -0.0220. The molecule has 0 saturated carbocycles. The molecule has 5 nitrogen and oxygen atoms in total. The molecule has 13 heteroatoms. The summed E-state index contributed by atoms with van der Waals surface area (Å²) in [4.78, 5) is 2.70. The summed E-state index contributed by atoms with van der Waals surface area (Å²) in [5.74, 6) is -1.44. The predicted octanol–water partition coefficient (Wildman–Crippen LogP) is 2.39. The molecule has 1 rings (SSSR count). The number of ether oxygens (including phenoxy) is 1. The molecule has 0 atom stereocenters. The van der Waals surface area contributed by atoms with Gasteiger partial charge in [-0.2, -0.15) is 13.2 Å². The highest BCUT2D eigenvalue weighted by Gasteiger charge is 2.40. The molecule has 120 valence electrons. The molecular weight excluding hydrogens is 354 g/mol. The van der Waals surface area contributed by atoms with Crippen LogP contribution >= 0.6 is 10.7 Å². The standard InChI is InChI=1S/C8H5ClF6N2O3S/c9-21(18,19)5-1-4(20-8(13,14)15)3(2-16)6(17-5)7(10,11)12/h1H,2,16H2. The summed E-state index contributed by atoms with van der Waals surface area (Å²) >= 11 is 0. The highest BCUT2D eigenvalue weighted by Crippen LogP contribution is 2.38. The van der Waals surface area contributed by atoms with E-state index in [0.29, 0.717) is 0 Å². The van der Waals surface area contributed by atoms with E-state index in [9.17, 15) is 34.8 Å². The summed E-state index contributed by atoms with van der Waals surface area (Å²) in [5.41, 5.74) is 1.88. The Morgan fingerprint density at radius 1 is 1.24 bits per heavy atom. The SMILES string of the molecule is NCc1c(OC(F)(F)F)cc(S(=O)(=O)Cl)nc1C(F)(F)F. The Balaban J connectivity index is 3.68. The Hall–Kier alpha value is -1.27. The second kappa shape index (κ2) is 5.50. The quantitative estimate of drug-likeness (QED) is 0.662. The number of alkyl halides is 6. The van der Waals surface area contributed by atoms with Crippen molar-refractivity contribution < 1.29 is 39.5 Å². The van der Waals surface area contributed by atoms with Crippen LogP contribution in [0.2, 0.25) is 0 Å². The number of rotatable bonds is 3. The maximum absolute atomic E-state index is 12.7. The Labute approximate surface area is 118 Å². The van der Waals surface area contributed by atoms with Crippen LogP contribution < -0.4 is 10.5 Å². The normalized spacial score (nSPS) is 13.3. The third kappa shape index (κ3) is 4.61. The Morgan fingerprint density at radius 3 is 2.10 bits per heavy atom. The molecule has 1 aromatic heterocycles. The van der Waals surface area contributed by atoms with Crippen molar-refractivity contribution in [2.75, 3.05) is 0 Å². The molecular formula is C8H5ClF6N2O3S. The van der Waals surface area contributed by atoms with Gasteiger partial charge in [-0.1, -0.05) is 0 Å². The van der Waals surface area contributed by atoms with Crippen molar-refractivity contribution in [2.45, 2.75) is 24.1 Å². The van der Waals surface area contributed by atoms with Gasteiger partial charge in [-0.3, -0.25) is 0 Å². The zero-order valence-electron chi connectivity index (χ0n) is 9.59. The molecule has 0 aliphatic rings. The van der Waals surface area contributed by atoms with Gasteiger partial charge in [0.15, 0.2) is 10.7 Å². The zero-order valence-corrected chi connectivity index (χ0v) is 11.2. The van der Waals surface area contributed by atoms with Crippen LogP contribution in [-0.4, -0.2) is 19.8 Å². The minimum atomic E-state index is -5.36. The second-order valence-corrected chi connectivity index (χ2v) is 5.99. The van der Waals surface area contributed by atoms with Gasteiger partial charge in [0, 0.05) is 28.9 Å². The van der Waals surface area contributed by atoms with E-state index in [1.807, 2.05) is 0 Å². The first-order valence-electron chi connectivity index (χ1n) is 4.77. The Kier molecular flexibility index (Phi) is 4.65. The number of aromatic nitrogens is 1. The molecule has 0 radical (unpaired) electrons. The molecule has 0 bridgehead atoms. The van der Waals surface area contributed by atoms with Crippen molar-refractivity contribution in [3.05, 3.63) is 17.3 Å². The van der Waals surface area contributed by atoms with Gasteiger partial charge in [0.25, 0.3) is 9.05 Å². The van der Waals surface area contributed by atoms with E-state index < -0.39 is 50.2 Å². The van der Waals surface area contributed by atoms with Crippen molar-refractivity contribution >= 4 is 19.7 Å². The van der Waals surface area contributed by atoms with Crippen LogP contribution in [0.1, 0.15) is 11.3 Å². The van der Waals surface area contributed by atoms with Gasteiger partial charge >= 0.3 is 12.5 Å². The molecule has 2 N–H and O–H groups in total. The fourth-order valence-corrected chi connectivity index (χ4v) is 1.98. The minimum absolute atomic E-state index is 0.118. The number of pyridine rings is 1. The molecule has 0 aliphatic heterocycles. The lowest BCUT2D eigenvalue weighted by Gasteiger charge is -2.17. The fourth-order valence-electron chi connectivity index (χ4n) is 1.30. The lowest BCUT2D eigenvalue weighted by Crippen LogP contribution is -2.22. The van der Waals surface area contributed by atoms with E-state index in [0.717, 1.165) is 0 Å². The average molecular weight is 359 g/mol. The van der Waals surface area contributed by atoms with Crippen LogP contribution in [0.3, 0.4) is 0 Å². The van der Waals surface area contributed by atoms with Crippen LogP contribution in [0.5, 0.6) is 5.75 Å². The van der Waals surface area contributed by atoms with E-state index >= 15 is 0 Å². The molecule has 1 aromatic rings. The van der Waals surface area contributed by atoms with Crippen molar-refractivity contribution in [1.82, 2.24) is 4.98 Å². The van der Waals surface area contributed by atoms with Gasteiger partial charge in [0.2, 0.25) is 0 Å². The van der Waals surface area contributed by atoms with Crippen LogP contribution in [0.4, 0.5) is 26.3 Å². The first kappa shape index (κ1) is 17.8. The number of hydrogen-bond donors (Lipinski definition) is 1. The first-order valence-corrected chi connectivity index (χ1v) is 7.08. The lowest BCUT2D eigenvalue weighted by molar-refractivity contribution is -0.275. The molecule has 0 unspecified atom stereocenters. The van der Waals surface area contributed by atoms with Gasteiger partial charge in [-0.05, 0) is 0 Å². The monoisotopic (exact) mass is 358 g/mol. The van der Waals surface area contributed by atoms with E-state index in [1.54, 1.807) is 0 Å². The highest BCUT2D eigenvalue weighted by molar-refractivity contribution is 8.13. The lowest BCUT2D eigenvalue weighted by atomic mass is 10.1. The molecule has 0 fully saturated rings. The fraction of sp³-hybridized carbons (Fsp3) is 0.375. The molecule has 0 aliphatic carbocycles. The van der Waals surface area contributed by atoms with Crippen LogP contribution in [0.25, 0.3) is 0 Å². The summed E-state index contributed by atoms with van der Waals surface area (Å²) < 4.78 is 100. The maximum Gasteiger partial charge on any atom is 0.573 e. The van der Waals surface area contributed by atoms with Crippen molar-refractivity contribution in [3.63, 3.8) is 0 Å². The van der Waals surface area contributed by atoms with Gasteiger partial charge < -0.3 is 10.5 Å². The van der Waals surface area contributed by atoms with Gasteiger partial charge in [0.1, 0.15) is 5.75 Å². The number of hydrogen-bond acceptors (Lipinski definition) is 5. The molecule has 0 amide bonds. The summed E-state index contributed by atoms with van der Waals surface area (Å²) in [5, 5.41) is -1.44. The first-order chi connectivity index (χ1) is 9.25. The third-order valence-corrected chi connectivity index (χ3v) is 3.19. The van der Waals surface area contributed by atoms with Crippen LogP contribution in [-0.2, 0) is 21.8 Å². The topological polar surface area (TPSA) is 82.3 Å². The third-order valence-electron chi connectivity index (χ3n) is 2.01. The van der Waals surface area contributed by atoms with Gasteiger partial charge in [-0.15, -0.1) is 13.2 Å². The summed E-state index contributed by atoms with van der Waals surface area (Å²) in [6, 6.07) is 0.118. The van der Waals surface area contributed by atoms with E-state index in [2.05, 4.69) is 9.72 Å². The molecule has 21 heavy (non-hydrogen) atoms. The van der Waals surface area contributed by atoms with Gasteiger partial charge in [0.05, 0.1) is 0 Å². The summed E-state index contributed by atoms with van der Waals surface area (Å²) in [6.07, 6.45) is -10.6. The van der Waals surface area contributed by atoms with E-state index in [-0.39, 0.29) is 6.07 Å².